The number of likely N-dealkylation sites (tertiary alicyclic amines) is 1. The third-order valence-electron chi connectivity index (χ3n) is 15.5. The van der Waals surface area contributed by atoms with E-state index >= 15 is 4.39 Å². The van der Waals surface area contributed by atoms with Crippen molar-refractivity contribution in [1.29, 1.82) is 0 Å². The summed E-state index contributed by atoms with van der Waals surface area (Å²) >= 11 is 0. The molecule has 10 amide bonds. The number of carbonyl (C=O) groups is 11. The van der Waals surface area contributed by atoms with Gasteiger partial charge < -0.3 is 75.5 Å². The number of hydrogen-bond donors (Lipinski definition) is 8. The summed E-state index contributed by atoms with van der Waals surface area (Å²) < 4.78 is 43.7. The van der Waals surface area contributed by atoms with Crippen LogP contribution in [0.1, 0.15) is 78.3 Å². The number of amides is 10. The molecule has 1 aliphatic carbocycles. The first-order valence-electron chi connectivity index (χ1n) is 28.6. The number of fused-ring (bicyclic) bond motifs is 5. The number of benzene rings is 1. The van der Waals surface area contributed by atoms with Crippen LogP contribution in [0.15, 0.2) is 29.1 Å². The molecular weight excluding hydrogens is 1150 g/mol. The first-order valence-corrected chi connectivity index (χ1v) is 28.6. The zero-order chi connectivity index (χ0) is 62.4. The van der Waals surface area contributed by atoms with Crippen molar-refractivity contribution in [3.63, 3.8) is 0 Å². The predicted molar refractivity (Wildman–Crippen MR) is 300 cm³/mol. The van der Waals surface area contributed by atoms with Gasteiger partial charge in [-0.15, -0.1) is 0 Å². The van der Waals surface area contributed by atoms with Gasteiger partial charge in [-0.3, -0.25) is 57.6 Å². The Morgan fingerprint density at radius 1 is 0.701 bits per heavy atom. The fourth-order valence-corrected chi connectivity index (χ4v) is 10.6. The van der Waals surface area contributed by atoms with Crippen LogP contribution in [0.4, 0.5) is 4.39 Å². The summed E-state index contributed by atoms with van der Waals surface area (Å²) in [5, 5.41) is 29.4. The number of halogens is 1. The van der Waals surface area contributed by atoms with Crippen molar-refractivity contribution < 1.29 is 85.9 Å². The zero-order valence-corrected chi connectivity index (χ0v) is 48.2. The Labute approximate surface area is 497 Å². The number of hydrogen-bond acceptors (Lipinski definition) is 19. The molecule has 87 heavy (non-hydrogen) atoms. The van der Waals surface area contributed by atoms with E-state index in [1.807, 2.05) is 0 Å². The van der Waals surface area contributed by atoms with Gasteiger partial charge in [-0.2, -0.15) is 0 Å². The van der Waals surface area contributed by atoms with Crippen molar-refractivity contribution in [1.82, 2.24) is 56.6 Å². The van der Waals surface area contributed by atoms with E-state index in [-0.39, 0.29) is 121 Å². The van der Waals surface area contributed by atoms with Crippen LogP contribution < -0.4 is 42.8 Å². The molecule has 3 aromatic rings. The lowest BCUT2D eigenvalue weighted by Gasteiger charge is -2.40. The summed E-state index contributed by atoms with van der Waals surface area (Å²) in [6.07, 6.45) is 3.58. The van der Waals surface area contributed by atoms with E-state index in [9.17, 15) is 62.6 Å². The van der Waals surface area contributed by atoms with Crippen molar-refractivity contribution in [2.24, 2.45) is 0 Å². The minimum Gasteiger partial charge on any atom is -0.458 e. The molecular formula is C57H70FN11O18. The lowest BCUT2D eigenvalue weighted by atomic mass is 9.78. The largest absolute Gasteiger partial charge is 0.458 e. The van der Waals surface area contributed by atoms with Crippen LogP contribution in [-0.4, -0.2) is 207 Å². The molecule has 1 saturated heterocycles. The van der Waals surface area contributed by atoms with Gasteiger partial charge in [0.2, 0.25) is 47.3 Å². The number of aryl methyl sites for hydroxylation is 1. The van der Waals surface area contributed by atoms with Crippen LogP contribution in [0.5, 0.6) is 0 Å². The summed E-state index contributed by atoms with van der Waals surface area (Å²) in [5.74, 6) is -7.13. The molecule has 8 N–H and O–H groups in total. The summed E-state index contributed by atoms with van der Waals surface area (Å²) in [7, 11) is 0. The number of aliphatic hydroxyl groups is 1. The summed E-state index contributed by atoms with van der Waals surface area (Å²) in [6, 6.07) is 2.10. The molecule has 0 spiro atoms. The molecule has 3 atom stereocenters. The Hall–Kier alpha value is -8.58. The minimum atomic E-state index is -2.04. The molecule has 4 aliphatic heterocycles. The average molecular weight is 1220 g/mol. The van der Waals surface area contributed by atoms with Crippen molar-refractivity contribution >= 4 is 75.9 Å². The number of carbonyl (C=O) groups excluding carboxylic acids is 11. The molecule has 5 aliphatic rings. The molecule has 6 heterocycles. The van der Waals surface area contributed by atoms with Crippen LogP contribution in [0, 0.1) is 12.7 Å². The number of ether oxygens (including phenoxy) is 5. The number of pyridine rings is 2. The Balaban J connectivity index is 0.646. The van der Waals surface area contributed by atoms with Crippen LogP contribution in [0.25, 0.3) is 22.3 Å². The number of aromatic nitrogens is 2. The molecule has 468 valence electrons. The monoisotopic (exact) mass is 1220 g/mol. The first kappa shape index (κ1) is 64.4. The van der Waals surface area contributed by atoms with Gasteiger partial charge in [-0.05, 0) is 55.4 Å². The first-order chi connectivity index (χ1) is 41.8. The quantitative estimate of drug-likeness (QED) is 0.0135. The number of cyclic esters (lactones) is 1. The van der Waals surface area contributed by atoms with Gasteiger partial charge >= 0.3 is 5.97 Å². The second-order valence-corrected chi connectivity index (χ2v) is 21.0. The van der Waals surface area contributed by atoms with E-state index in [4.69, 9.17) is 28.7 Å². The summed E-state index contributed by atoms with van der Waals surface area (Å²) in [6.45, 7) is 3.17. The third kappa shape index (κ3) is 15.7. The van der Waals surface area contributed by atoms with E-state index < -0.39 is 115 Å². The minimum absolute atomic E-state index is 0.00582. The lowest BCUT2D eigenvalue weighted by Crippen LogP contribution is -2.60. The van der Waals surface area contributed by atoms with Gasteiger partial charge in [0.25, 0.3) is 17.4 Å². The second-order valence-electron chi connectivity index (χ2n) is 21.0. The van der Waals surface area contributed by atoms with Crippen molar-refractivity contribution in [2.75, 3.05) is 112 Å². The predicted octanol–water partition coefficient (Wildman–Crippen LogP) is -3.26. The van der Waals surface area contributed by atoms with Gasteiger partial charge in [0, 0.05) is 79.7 Å². The highest BCUT2D eigenvalue weighted by atomic mass is 19.1. The standard InChI is InChI=1S/C57H70FN11O18/c1-3-57(82)37-22-41-53-35(30-69(41)55(80)36(37)31-87-56(57)81)51-33(4-5-34-32(2)38(58)23-39(66-53)52(34)51)24-65-54(79)40-8-12-67(40)50(78)29-64-47(75)28-63-46(74)27-62-45(73)26-61-44(72)25-60-43(71)10-14-83-16-18-85-20-21-86-19-17-84-15-11-59-42(70)9-13-68-48(76)6-7-49(68)77/h6-7,22-23,33,40,82H,3-5,8-21,24-31H2,1-2H3,(H,59,70)(H,60,71)(H,61,72)(H,62,73)(H,63,74)(H,64,75)(H,65,79)/t33-,40-,57?/m0/s1. The Morgan fingerprint density at radius 3 is 1.87 bits per heavy atom. The molecule has 30 heteroatoms. The molecule has 0 radical (unpaired) electrons. The van der Waals surface area contributed by atoms with E-state index in [0.717, 1.165) is 33.6 Å². The topological polar surface area (TPSA) is 380 Å². The van der Waals surface area contributed by atoms with Crippen LogP contribution in [0.2, 0.25) is 0 Å². The molecule has 0 saturated carbocycles. The molecule has 1 fully saturated rings. The Kier molecular flexibility index (Phi) is 22.0. The summed E-state index contributed by atoms with van der Waals surface area (Å²) in [4.78, 5) is 157. The number of rotatable bonds is 32. The Bertz CT molecular complexity index is 3300. The number of esters is 1. The van der Waals surface area contributed by atoms with Gasteiger partial charge in [0.1, 0.15) is 18.5 Å². The van der Waals surface area contributed by atoms with Gasteiger partial charge in [-0.25, -0.2) is 14.2 Å². The second kappa shape index (κ2) is 29.7. The average Bonchev–Trinajstić information content (AvgIpc) is 1.71. The molecule has 1 aromatic carbocycles. The SMILES string of the molecule is CCC1(O)C(=O)OCc2c1cc1n(c2=O)Cc2c-1nc1cc(F)c(C)c3c1c2[C@H](CNC(=O)[C@@H]1CCN1C(=O)CNC(=O)CNC(=O)CNC(=O)CNC(=O)CNC(=O)CCOCCOCCOCCOCCNC(=O)CCN1C(=O)C=CC1=O)CC3. The molecule has 8 rings (SSSR count). The maximum Gasteiger partial charge on any atom is 0.343 e. The van der Waals surface area contributed by atoms with Gasteiger partial charge in [0.15, 0.2) is 5.60 Å². The Morgan fingerprint density at radius 2 is 1.28 bits per heavy atom. The zero-order valence-electron chi connectivity index (χ0n) is 48.2. The maximum absolute atomic E-state index is 15.4. The van der Waals surface area contributed by atoms with Gasteiger partial charge in [0.05, 0.1) is 115 Å². The normalized spacial score (nSPS) is 17.8. The highest BCUT2D eigenvalue weighted by Gasteiger charge is 2.46. The van der Waals surface area contributed by atoms with Crippen LogP contribution in [-0.2, 0) is 102 Å². The lowest BCUT2D eigenvalue weighted by molar-refractivity contribution is -0.172. The third-order valence-corrected chi connectivity index (χ3v) is 15.5. The molecule has 2 aromatic heterocycles. The number of imide groups is 1. The fraction of sp³-hybridized carbons (Fsp3) is 0.526. The smallest absolute Gasteiger partial charge is 0.343 e. The van der Waals surface area contributed by atoms with Gasteiger partial charge in [-0.1, -0.05) is 6.92 Å². The van der Waals surface area contributed by atoms with Crippen LogP contribution in [0.3, 0.4) is 0 Å². The van der Waals surface area contributed by atoms with E-state index in [1.54, 1.807) is 19.9 Å². The van der Waals surface area contributed by atoms with Crippen molar-refractivity contribution in [3.8, 4) is 11.4 Å². The fourth-order valence-electron chi connectivity index (χ4n) is 10.6. The highest BCUT2D eigenvalue weighted by Crippen LogP contribution is 2.46. The molecule has 0 bridgehead atoms. The van der Waals surface area contributed by atoms with E-state index in [2.05, 4.69) is 37.2 Å². The van der Waals surface area contributed by atoms with E-state index in [1.165, 1.54) is 15.5 Å². The highest BCUT2D eigenvalue weighted by molar-refractivity contribution is 6.13. The number of nitrogens with zero attached hydrogens (tertiary/aromatic N) is 4. The summed E-state index contributed by atoms with van der Waals surface area (Å²) in [5.41, 5.74) is 1.69. The van der Waals surface area contributed by atoms with Crippen molar-refractivity contribution in [3.05, 3.63) is 73.8 Å². The molecule has 29 nitrogen and oxygen atoms in total. The van der Waals surface area contributed by atoms with E-state index in [0.29, 0.717) is 60.5 Å². The van der Waals surface area contributed by atoms with Crippen LogP contribution >= 0.6 is 0 Å². The maximum atomic E-state index is 15.4. The molecule has 1 unspecified atom stereocenters. The number of nitrogens with one attached hydrogen (secondary N) is 7. The van der Waals surface area contributed by atoms with Crippen molar-refractivity contribution in [2.45, 2.75) is 83.1 Å².